The average molecular weight is 478 g/mol. The van der Waals surface area contributed by atoms with Gasteiger partial charge in [0.15, 0.2) is 9.84 Å². The van der Waals surface area contributed by atoms with Crippen LogP contribution in [0, 0.1) is 0 Å². The smallest absolute Gasteiger partial charge is 0.266 e. The average Bonchev–Trinajstić information content (AvgIpc) is 2.85. The summed E-state index contributed by atoms with van der Waals surface area (Å²) in [6.07, 6.45) is 0. The van der Waals surface area contributed by atoms with Gasteiger partial charge < -0.3 is 10.1 Å². The maximum Gasteiger partial charge on any atom is 0.266 e. The number of hydrogen-bond acceptors (Lipinski definition) is 6. The third kappa shape index (κ3) is 5.03. The second-order valence-corrected chi connectivity index (χ2v) is 9.97. The lowest BCUT2D eigenvalue weighted by Crippen LogP contribution is -2.32. The Bertz CT molecular complexity index is 1430. The molecule has 4 aromatic rings. The molecule has 0 saturated carbocycles. The maximum atomic E-state index is 13.5. The maximum absolute atomic E-state index is 13.5. The van der Waals surface area contributed by atoms with Crippen LogP contribution in [0.25, 0.3) is 16.6 Å². The van der Waals surface area contributed by atoms with E-state index < -0.39 is 9.84 Å². The molecule has 3 aromatic carbocycles. The van der Waals surface area contributed by atoms with Crippen LogP contribution in [0.3, 0.4) is 0 Å². The summed E-state index contributed by atoms with van der Waals surface area (Å²) in [6.45, 7) is 4.55. The van der Waals surface area contributed by atoms with Crippen LogP contribution >= 0.6 is 0 Å². The van der Waals surface area contributed by atoms with Gasteiger partial charge in [0.05, 0.1) is 39.9 Å². The molecule has 176 valence electrons. The molecule has 0 unspecified atom stereocenters. The van der Waals surface area contributed by atoms with Crippen molar-refractivity contribution in [3.63, 3.8) is 0 Å². The van der Waals surface area contributed by atoms with Gasteiger partial charge in [0, 0.05) is 6.54 Å². The fourth-order valence-corrected chi connectivity index (χ4v) is 4.99. The number of sulfone groups is 1. The van der Waals surface area contributed by atoms with E-state index in [2.05, 4.69) is 5.32 Å². The Hall–Kier alpha value is -3.49. The largest absolute Gasteiger partial charge is 0.494 e. The van der Waals surface area contributed by atoms with E-state index in [-0.39, 0.29) is 23.9 Å². The molecule has 1 heterocycles. The molecule has 0 aliphatic heterocycles. The number of ether oxygens (including phenoxy) is 1. The summed E-state index contributed by atoms with van der Waals surface area (Å²) in [5, 5.41) is 3.75. The Morgan fingerprint density at radius 2 is 1.65 bits per heavy atom. The highest BCUT2D eigenvalue weighted by Gasteiger charge is 2.19. The van der Waals surface area contributed by atoms with Gasteiger partial charge in [-0.1, -0.05) is 30.3 Å². The first-order chi connectivity index (χ1) is 16.4. The van der Waals surface area contributed by atoms with E-state index in [1.165, 1.54) is 0 Å². The number of benzene rings is 3. The van der Waals surface area contributed by atoms with Gasteiger partial charge in [0.2, 0.25) is 0 Å². The molecule has 1 N–H and O–H groups in total. The van der Waals surface area contributed by atoms with E-state index in [4.69, 9.17) is 9.72 Å². The van der Waals surface area contributed by atoms with Crippen LogP contribution in [0.4, 0.5) is 0 Å². The van der Waals surface area contributed by atoms with Gasteiger partial charge in [0.1, 0.15) is 11.6 Å². The van der Waals surface area contributed by atoms with Crippen molar-refractivity contribution in [1.29, 1.82) is 0 Å². The lowest BCUT2D eigenvalue weighted by Gasteiger charge is -2.20. The molecular weight excluding hydrogens is 450 g/mol. The lowest BCUT2D eigenvalue weighted by molar-refractivity contribution is 0.340. The Morgan fingerprint density at radius 1 is 0.971 bits per heavy atom. The zero-order chi connectivity index (χ0) is 24.1. The van der Waals surface area contributed by atoms with Crippen molar-refractivity contribution >= 4 is 20.7 Å². The third-order valence-electron chi connectivity index (χ3n) is 5.52. The van der Waals surface area contributed by atoms with Crippen molar-refractivity contribution in [3.8, 4) is 11.4 Å². The van der Waals surface area contributed by atoms with Crippen LogP contribution in [0.15, 0.2) is 88.6 Å². The van der Waals surface area contributed by atoms with E-state index in [9.17, 15) is 13.2 Å². The zero-order valence-electron chi connectivity index (χ0n) is 19.1. The number of nitrogens with zero attached hydrogens (tertiary/aromatic N) is 2. The van der Waals surface area contributed by atoms with E-state index in [0.29, 0.717) is 39.7 Å². The third-order valence-corrected chi connectivity index (χ3v) is 7.25. The van der Waals surface area contributed by atoms with E-state index in [1.807, 2.05) is 50.2 Å². The Labute approximate surface area is 199 Å². The molecule has 0 aliphatic rings. The summed E-state index contributed by atoms with van der Waals surface area (Å²) in [5.41, 5.74) is 1.07. The molecule has 1 atom stereocenters. The van der Waals surface area contributed by atoms with Gasteiger partial charge in [0.25, 0.3) is 5.56 Å². The van der Waals surface area contributed by atoms with Crippen LogP contribution in [-0.4, -0.2) is 36.9 Å². The van der Waals surface area contributed by atoms with Crippen molar-refractivity contribution in [2.24, 2.45) is 0 Å². The molecule has 0 fully saturated rings. The van der Waals surface area contributed by atoms with Gasteiger partial charge in [-0.05, 0) is 62.4 Å². The highest BCUT2D eigenvalue weighted by Crippen LogP contribution is 2.20. The first kappa shape index (κ1) is 23.7. The minimum atomic E-state index is -3.42. The lowest BCUT2D eigenvalue weighted by atomic mass is 10.2. The number of rotatable bonds is 9. The second kappa shape index (κ2) is 10.2. The van der Waals surface area contributed by atoms with Gasteiger partial charge >= 0.3 is 0 Å². The molecule has 34 heavy (non-hydrogen) atoms. The Balaban J connectivity index is 1.65. The highest BCUT2D eigenvalue weighted by molar-refractivity contribution is 7.91. The van der Waals surface area contributed by atoms with Crippen LogP contribution in [0.2, 0.25) is 0 Å². The standard InChI is InChI=1S/C26H27N3O4S/c1-3-33-21-15-13-20(14-16-21)29-25(28-24-12-8-7-11-23(24)26(29)30)19(2)27-17-18-34(31,32)22-9-5-4-6-10-22/h4-16,19,27H,3,17-18H2,1-2H3/t19-/m1/s1. The molecule has 1 aromatic heterocycles. The van der Waals surface area contributed by atoms with Crippen molar-refractivity contribution in [3.05, 3.63) is 95.0 Å². The zero-order valence-corrected chi connectivity index (χ0v) is 20.0. The van der Waals surface area contributed by atoms with Crippen molar-refractivity contribution in [2.45, 2.75) is 24.8 Å². The first-order valence-corrected chi connectivity index (χ1v) is 12.8. The van der Waals surface area contributed by atoms with Gasteiger partial charge in [-0.3, -0.25) is 9.36 Å². The van der Waals surface area contributed by atoms with E-state index >= 15 is 0 Å². The molecule has 0 bridgehead atoms. The number of fused-ring (bicyclic) bond motifs is 1. The molecule has 4 rings (SSSR count). The summed E-state index contributed by atoms with van der Waals surface area (Å²) in [4.78, 5) is 18.5. The first-order valence-electron chi connectivity index (χ1n) is 11.2. The van der Waals surface area contributed by atoms with Gasteiger partial charge in [-0.25, -0.2) is 13.4 Å². The Morgan fingerprint density at radius 3 is 2.35 bits per heavy atom. The van der Waals surface area contributed by atoms with E-state index in [0.717, 1.165) is 0 Å². The summed E-state index contributed by atoms with van der Waals surface area (Å²) < 4.78 is 32.4. The number of hydrogen-bond donors (Lipinski definition) is 1. The van der Waals surface area contributed by atoms with Crippen LogP contribution < -0.4 is 15.6 Å². The van der Waals surface area contributed by atoms with E-state index in [1.54, 1.807) is 47.0 Å². The minimum Gasteiger partial charge on any atom is -0.494 e. The topological polar surface area (TPSA) is 90.3 Å². The van der Waals surface area contributed by atoms with Gasteiger partial charge in [-0.15, -0.1) is 0 Å². The molecule has 0 spiro atoms. The summed E-state index contributed by atoms with van der Waals surface area (Å²) >= 11 is 0. The number of aromatic nitrogens is 2. The van der Waals surface area contributed by atoms with Crippen LogP contribution in [0.1, 0.15) is 25.7 Å². The van der Waals surface area contributed by atoms with Crippen LogP contribution in [0.5, 0.6) is 5.75 Å². The van der Waals surface area contributed by atoms with Gasteiger partial charge in [-0.2, -0.15) is 0 Å². The Kier molecular flexibility index (Phi) is 7.09. The second-order valence-electron chi connectivity index (χ2n) is 7.86. The van der Waals surface area contributed by atoms with Crippen molar-refractivity contribution < 1.29 is 13.2 Å². The molecule has 0 radical (unpaired) electrons. The predicted octanol–water partition coefficient (Wildman–Crippen LogP) is 3.91. The molecular formula is C26H27N3O4S. The fraction of sp³-hybridized carbons (Fsp3) is 0.231. The summed E-state index contributed by atoms with van der Waals surface area (Å²) in [6, 6.07) is 22.5. The predicted molar refractivity (Wildman–Crippen MR) is 133 cm³/mol. The monoisotopic (exact) mass is 477 g/mol. The minimum absolute atomic E-state index is 0.0672. The van der Waals surface area contributed by atoms with Crippen molar-refractivity contribution in [1.82, 2.24) is 14.9 Å². The van der Waals surface area contributed by atoms with Crippen molar-refractivity contribution in [2.75, 3.05) is 18.9 Å². The summed E-state index contributed by atoms with van der Waals surface area (Å²) in [5.74, 6) is 1.15. The SMILES string of the molecule is CCOc1ccc(-n2c([C@@H](C)NCCS(=O)(=O)c3ccccc3)nc3ccccc3c2=O)cc1. The number of para-hydroxylation sites is 1. The fourth-order valence-electron chi connectivity index (χ4n) is 3.79. The number of nitrogens with one attached hydrogen (secondary N) is 1. The molecule has 7 nitrogen and oxygen atoms in total. The quantitative estimate of drug-likeness (QED) is 0.393. The summed E-state index contributed by atoms with van der Waals surface area (Å²) in [7, 11) is -3.42. The molecule has 0 amide bonds. The molecule has 8 heteroatoms. The normalized spacial score (nSPS) is 12.5. The van der Waals surface area contributed by atoms with Crippen LogP contribution in [-0.2, 0) is 9.84 Å². The highest BCUT2D eigenvalue weighted by atomic mass is 32.2. The molecule has 0 saturated heterocycles. The molecule has 0 aliphatic carbocycles.